The van der Waals surface area contributed by atoms with Gasteiger partial charge in [-0.1, -0.05) is 20.8 Å². The van der Waals surface area contributed by atoms with E-state index in [0.29, 0.717) is 17.5 Å². The maximum Gasteiger partial charge on any atom is 0.314 e. The molecule has 2 bridgehead atoms. The average Bonchev–Trinajstić information content (AvgIpc) is 3.22. The summed E-state index contributed by atoms with van der Waals surface area (Å²) in [6.07, 6.45) is 3.08. The van der Waals surface area contributed by atoms with Crippen LogP contribution < -0.4 is 5.43 Å². The summed E-state index contributed by atoms with van der Waals surface area (Å²) in [6, 6.07) is 1.88. The third-order valence-corrected chi connectivity index (χ3v) is 7.16. The lowest BCUT2D eigenvalue weighted by atomic mass is 9.70. The van der Waals surface area contributed by atoms with Crippen molar-refractivity contribution in [2.75, 3.05) is 6.61 Å². The lowest BCUT2D eigenvalue weighted by molar-refractivity contribution is -0.148. The maximum atomic E-state index is 12.1. The number of esters is 1. The number of aromatic nitrogens is 4. The van der Waals surface area contributed by atoms with Crippen LogP contribution in [0.3, 0.4) is 0 Å². The highest BCUT2D eigenvalue weighted by Gasteiger charge is 2.60. The van der Waals surface area contributed by atoms with Crippen molar-refractivity contribution < 1.29 is 14.3 Å². The van der Waals surface area contributed by atoms with Crippen LogP contribution >= 0.6 is 0 Å². The van der Waals surface area contributed by atoms with E-state index in [9.17, 15) is 9.59 Å². The number of nitrogens with one attached hydrogen (secondary N) is 1. The van der Waals surface area contributed by atoms with Crippen LogP contribution in [0.2, 0.25) is 0 Å². The number of amides is 1. The molecule has 160 valence electrons. The number of hydrazone groups is 1. The van der Waals surface area contributed by atoms with Crippen LogP contribution in [0.5, 0.6) is 0 Å². The van der Waals surface area contributed by atoms with Gasteiger partial charge in [-0.05, 0) is 50.5 Å². The molecule has 4 rings (SSSR count). The van der Waals surface area contributed by atoms with Crippen molar-refractivity contribution in [2.24, 2.45) is 21.8 Å². The van der Waals surface area contributed by atoms with E-state index in [4.69, 9.17) is 4.74 Å². The van der Waals surface area contributed by atoms with E-state index >= 15 is 0 Å². The number of carbonyl (C=O) groups is 2. The predicted octanol–water partition coefficient (Wildman–Crippen LogP) is 2.15. The first kappa shape index (κ1) is 20.4. The van der Waals surface area contributed by atoms with Gasteiger partial charge in [0.1, 0.15) is 6.42 Å². The number of fused-ring (bicyclic) bond motifs is 3. The van der Waals surface area contributed by atoms with Crippen molar-refractivity contribution >= 4 is 23.4 Å². The molecule has 0 radical (unpaired) electrons. The van der Waals surface area contributed by atoms with E-state index in [2.05, 4.69) is 46.4 Å². The van der Waals surface area contributed by atoms with E-state index in [1.165, 1.54) is 6.42 Å². The second kappa shape index (κ2) is 7.14. The summed E-state index contributed by atoms with van der Waals surface area (Å²) in [5.41, 5.74) is 5.50. The van der Waals surface area contributed by atoms with E-state index < -0.39 is 11.9 Å². The molecule has 9 nitrogen and oxygen atoms in total. The highest BCUT2D eigenvalue weighted by molar-refractivity contribution is 5.95. The zero-order chi connectivity index (χ0) is 21.7. The molecule has 2 aliphatic carbocycles. The Hall–Kier alpha value is -2.84. The van der Waals surface area contributed by atoms with Gasteiger partial charge in [-0.15, -0.1) is 5.10 Å². The lowest BCUT2D eigenvalue weighted by Gasteiger charge is -2.34. The Kier molecular flexibility index (Phi) is 4.86. The molecule has 1 amide bonds. The molecule has 1 N–H and O–H groups in total. The molecule has 0 aromatic carbocycles. The minimum absolute atomic E-state index is 0.0148. The fourth-order valence-corrected chi connectivity index (χ4v) is 4.87. The van der Waals surface area contributed by atoms with Gasteiger partial charge >= 0.3 is 5.97 Å². The molecule has 2 aromatic heterocycles. The van der Waals surface area contributed by atoms with Crippen LogP contribution in [0.15, 0.2) is 11.2 Å². The van der Waals surface area contributed by atoms with Gasteiger partial charge in [0, 0.05) is 22.5 Å². The zero-order valence-electron chi connectivity index (χ0n) is 18.2. The summed E-state index contributed by atoms with van der Waals surface area (Å²) in [5.74, 6) is 0.327. The van der Waals surface area contributed by atoms with E-state index in [1.807, 2.05) is 19.9 Å². The molecular formula is C21H28N6O3. The summed E-state index contributed by atoms with van der Waals surface area (Å²) >= 11 is 0. The van der Waals surface area contributed by atoms with Crippen LogP contribution in [-0.4, -0.2) is 43.8 Å². The molecule has 30 heavy (non-hydrogen) atoms. The fourth-order valence-electron chi connectivity index (χ4n) is 4.87. The monoisotopic (exact) mass is 412 g/mol. The largest absolute Gasteiger partial charge is 0.455 e. The summed E-state index contributed by atoms with van der Waals surface area (Å²) in [5, 5.41) is 8.64. The van der Waals surface area contributed by atoms with Crippen molar-refractivity contribution in [3.63, 3.8) is 0 Å². The van der Waals surface area contributed by atoms with Gasteiger partial charge in [0.2, 0.25) is 0 Å². The molecular weight excluding hydrogens is 384 g/mol. The van der Waals surface area contributed by atoms with E-state index in [-0.39, 0.29) is 23.9 Å². The second-order valence-corrected chi connectivity index (χ2v) is 9.20. The van der Waals surface area contributed by atoms with Gasteiger partial charge in [0.05, 0.1) is 0 Å². The molecule has 0 aliphatic heterocycles. The fraction of sp³-hybridized carbons (Fsp3) is 0.619. The molecule has 2 unspecified atom stereocenters. The minimum atomic E-state index is -0.573. The number of rotatable bonds is 5. The Morgan fingerprint density at radius 3 is 2.73 bits per heavy atom. The van der Waals surface area contributed by atoms with Crippen LogP contribution in [-0.2, 0) is 20.7 Å². The van der Waals surface area contributed by atoms with Gasteiger partial charge in [-0.25, -0.2) is 14.9 Å². The number of hydrogen-bond donors (Lipinski definition) is 1. The molecule has 2 aromatic rings. The Bertz CT molecular complexity index is 1060. The molecule has 0 spiro atoms. The van der Waals surface area contributed by atoms with Crippen molar-refractivity contribution in [2.45, 2.75) is 60.3 Å². The lowest BCUT2D eigenvalue weighted by Crippen LogP contribution is -2.35. The first-order valence-electron chi connectivity index (χ1n) is 10.3. The number of ether oxygens (including phenoxy) is 1. The molecule has 2 heterocycles. The van der Waals surface area contributed by atoms with Crippen LogP contribution in [0.1, 0.15) is 57.2 Å². The first-order chi connectivity index (χ1) is 14.1. The minimum Gasteiger partial charge on any atom is -0.455 e. The van der Waals surface area contributed by atoms with Crippen LogP contribution in [0.4, 0.5) is 0 Å². The molecule has 2 atom stereocenters. The first-order valence-corrected chi connectivity index (χ1v) is 10.3. The Morgan fingerprint density at radius 2 is 2.07 bits per heavy atom. The third-order valence-electron chi connectivity index (χ3n) is 7.16. The SMILES string of the molecule is Cc1cc(C)n2nc(CC(=O)OCC(=O)N/N=C3\CC4CCC3(C)C4(C)C)nc2n1. The van der Waals surface area contributed by atoms with Gasteiger partial charge in [0.25, 0.3) is 11.7 Å². The number of aryl methyl sites for hydroxylation is 2. The van der Waals surface area contributed by atoms with Crippen molar-refractivity contribution in [3.05, 3.63) is 23.3 Å². The highest BCUT2D eigenvalue weighted by Crippen LogP contribution is 2.63. The normalized spacial score (nSPS) is 25.8. The van der Waals surface area contributed by atoms with Crippen molar-refractivity contribution in [1.29, 1.82) is 0 Å². The summed E-state index contributed by atoms with van der Waals surface area (Å²) in [7, 11) is 0. The number of carbonyl (C=O) groups excluding carboxylic acids is 2. The smallest absolute Gasteiger partial charge is 0.314 e. The topological polar surface area (TPSA) is 111 Å². The predicted molar refractivity (Wildman–Crippen MR) is 110 cm³/mol. The molecule has 0 saturated heterocycles. The van der Waals surface area contributed by atoms with Crippen LogP contribution in [0, 0.1) is 30.6 Å². The van der Waals surface area contributed by atoms with Crippen molar-refractivity contribution in [1.82, 2.24) is 25.0 Å². The quantitative estimate of drug-likeness (QED) is 0.595. The highest BCUT2D eigenvalue weighted by atomic mass is 16.5. The molecule has 2 fully saturated rings. The van der Waals surface area contributed by atoms with E-state index in [1.54, 1.807) is 4.52 Å². The van der Waals surface area contributed by atoms with Gasteiger partial charge in [-0.3, -0.25) is 9.59 Å². The van der Waals surface area contributed by atoms with Gasteiger partial charge in [-0.2, -0.15) is 10.1 Å². The Labute approximate surface area is 175 Å². The summed E-state index contributed by atoms with van der Waals surface area (Å²) in [6.45, 7) is 10.2. The van der Waals surface area contributed by atoms with Gasteiger partial charge in [0.15, 0.2) is 12.4 Å². The molecule has 2 aliphatic rings. The molecule has 9 heteroatoms. The summed E-state index contributed by atoms with van der Waals surface area (Å²) < 4.78 is 6.65. The Morgan fingerprint density at radius 1 is 1.30 bits per heavy atom. The third kappa shape index (κ3) is 3.36. The number of nitrogens with zero attached hydrogens (tertiary/aromatic N) is 5. The molecule has 2 saturated carbocycles. The Balaban J connectivity index is 1.30. The zero-order valence-corrected chi connectivity index (χ0v) is 18.2. The maximum absolute atomic E-state index is 12.1. The average molecular weight is 412 g/mol. The van der Waals surface area contributed by atoms with Crippen molar-refractivity contribution in [3.8, 4) is 0 Å². The number of hydrogen-bond acceptors (Lipinski definition) is 7. The second-order valence-electron chi connectivity index (χ2n) is 9.20. The summed E-state index contributed by atoms with van der Waals surface area (Å²) in [4.78, 5) is 32.8. The van der Waals surface area contributed by atoms with Gasteiger partial charge < -0.3 is 4.74 Å². The van der Waals surface area contributed by atoms with E-state index in [0.717, 1.165) is 29.9 Å². The standard InChI is InChI=1S/C21H28N6O3/c1-12-8-13(2)27-19(22-12)23-16(26-27)10-18(29)30-11-17(28)25-24-15-9-14-6-7-21(15,5)20(14,3)4/h8,14H,6-7,9-11H2,1-5H3,(H,25,28)/b24-15+. The van der Waals surface area contributed by atoms with Crippen LogP contribution in [0.25, 0.3) is 5.78 Å².